The Morgan fingerprint density at radius 2 is 1.96 bits per heavy atom. The Balaban J connectivity index is 0.00000312. The van der Waals surface area contributed by atoms with Crippen LogP contribution in [0.25, 0.3) is 0 Å². The Hall–Kier alpha value is -0.410. The van der Waals surface area contributed by atoms with Gasteiger partial charge in [0.25, 0.3) is 0 Å². The van der Waals surface area contributed by atoms with Crippen molar-refractivity contribution in [2.75, 3.05) is 19.4 Å². The van der Waals surface area contributed by atoms with E-state index in [1.807, 2.05) is 20.8 Å². The zero-order valence-corrected chi connectivity index (χ0v) is 17.1. The molecule has 2 fully saturated rings. The highest BCUT2D eigenvalue weighted by atomic mass is 35.5. The first kappa shape index (κ1) is 22.6. The minimum Gasteiger partial charge on any atom is -0.378 e. The largest absolute Gasteiger partial charge is 0.378 e. The molecule has 0 saturated heterocycles. The molecule has 2 rings (SSSR count). The summed E-state index contributed by atoms with van der Waals surface area (Å²) in [7, 11) is -3.24. The molecule has 2 saturated carbocycles. The molecular weight excluding hydrogens is 366 g/mol. The Bertz CT molecular complexity index is 584. The Kier molecular flexibility index (Phi) is 7.32. The number of nitrogens with one attached hydrogen (secondary N) is 2. The third kappa shape index (κ3) is 4.66. The van der Waals surface area contributed by atoms with E-state index in [4.69, 9.17) is 10.5 Å². The van der Waals surface area contributed by atoms with Gasteiger partial charge in [-0.2, -0.15) is 0 Å². The van der Waals surface area contributed by atoms with Gasteiger partial charge in [0.15, 0.2) is 0 Å². The number of nitrogens with two attached hydrogens (primary N) is 1. The summed E-state index contributed by atoms with van der Waals surface area (Å²) in [6, 6.07) is -0.111. The zero-order chi connectivity index (χ0) is 18.2. The summed E-state index contributed by atoms with van der Waals surface area (Å²) in [6.07, 6.45) is 4.33. The van der Waals surface area contributed by atoms with Crippen LogP contribution in [-0.4, -0.2) is 51.4 Å². The average molecular weight is 398 g/mol. The van der Waals surface area contributed by atoms with Crippen molar-refractivity contribution in [3.63, 3.8) is 0 Å². The van der Waals surface area contributed by atoms with Crippen LogP contribution in [0.1, 0.15) is 46.5 Å². The molecule has 0 heterocycles. The Morgan fingerprint density at radius 3 is 2.48 bits per heavy atom. The van der Waals surface area contributed by atoms with Crippen LogP contribution < -0.4 is 15.8 Å². The number of sulfonamides is 1. The lowest BCUT2D eigenvalue weighted by Gasteiger charge is -2.57. The molecule has 0 spiro atoms. The summed E-state index contributed by atoms with van der Waals surface area (Å²) in [5, 5.41) is 2.95. The van der Waals surface area contributed by atoms with Crippen molar-refractivity contribution in [3.05, 3.63) is 0 Å². The Morgan fingerprint density at radius 1 is 1.32 bits per heavy atom. The maximum Gasteiger partial charge on any atom is 0.240 e. The summed E-state index contributed by atoms with van der Waals surface area (Å²) < 4.78 is 31.2. The molecule has 148 valence electrons. The number of halogens is 1. The van der Waals surface area contributed by atoms with Gasteiger partial charge in [-0.05, 0) is 25.7 Å². The molecule has 0 aromatic carbocycles. The molecule has 0 aromatic rings. The number of hydrogen-bond acceptors (Lipinski definition) is 5. The van der Waals surface area contributed by atoms with Crippen LogP contribution in [0.4, 0.5) is 0 Å². The van der Waals surface area contributed by atoms with E-state index in [-0.39, 0.29) is 36.4 Å². The van der Waals surface area contributed by atoms with Crippen molar-refractivity contribution in [3.8, 4) is 0 Å². The van der Waals surface area contributed by atoms with Crippen molar-refractivity contribution >= 4 is 28.3 Å². The van der Waals surface area contributed by atoms with Crippen LogP contribution in [0, 0.1) is 11.3 Å². The standard InChI is InChI=1S/C16H31N3O4S.ClH/c1-5-23-13-9-16(17,15(13,2)3)14(20)18-10-11-7-6-8-12(11)19-24(4,21)22;/h11-13,19H,5-10,17H2,1-4H3,(H,18,20);1H. The van der Waals surface area contributed by atoms with Crippen LogP contribution in [0.3, 0.4) is 0 Å². The molecule has 0 aromatic heterocycles. The predicted molar refractivity (Wildman–Crippen MR) is 100 cm³/mol. The minimum absolute atomic E-state index is 0. The summed E-state index contributed by atoms with van der Waals surface area (Å²) in [5.74, 6) is -0.0633. The van der Waals surface area contributed by atoms with E-state index in [2.05, 4.69) is 10.0 Å². The highest BCUT2D eigenvalue weighted by Crippen LogP contribution is 2.49. The van der Waals surface area contributed by atoms with Crippen LogP contribution in [0.15, 0.2) is 0 Å². The highest BCUT2D eigenvalue weighted by Gasteiger charge is 2.62. The van der Waals surface area contributed by atoms with Crippen molar-refractivity contribution < 1.29 is 17.9 Å². The lowest BCUT2D eigenvalue weighted by Crippen LogP contribution is -2.76. The monoisotopic (exact) mass is 397 g/mol. The normalized spacial score (nSPS) is 34.0. The quantitative estimate of drug-likeness (QED) is 0.587. The second-order valence-corrected chi connectivity index (χ2v) is 9.52. The molecule has 0 bridgehead atoms. The molecular formula is C16H32ClN3O4S. The van der Waals surface area contributed by atoms with Gasteiger partial charge in [0.05, 0.1) is 12.4 Å². The zero-order valence-electron chi connectivity index (χ0n) is 15.5. The molecule has 0 radical (unpaired) electrons. The molecule has 2 aliphatic rings. The summed E-state index contributed by atoms with van der Waals surface area (Å²) in [6.45, 7) is 6.90. The number of ether oxygens (including phenoxy) is 1. The molecule has 25 heavy (non-hydrogen) atoms. The Labute approximate surface area is 157 Å². The average Bonchev–Trinajstić information content (AvgIpc) is 2.89. The third-order valence-corrected chi connectivity index (χ3v) is 6.52. The van der Waals surface area contributed by atoms with Crippen LogP contribution in [0.5, 0.6) is 0 Å². The number of carbonyl (C=O) groups excluding carboxylic acids is 1. The van der Waals surface area contributed by atoms with Gasteiger partial charge in [0.1, 0.15) is 5.54 Å². The first-order valence-corrected chi connectivity index (χ1v) is 10.6. The van der Waals surface area contributed by atoms with Gasteiger partial charge in [0.2, 0.25) is 15.9 Å². The molecule has 1 amide bonds. The van der Waals surface area contributed by atoms with E-state index in [0.29, 0.717) is 19.6 Å². The number of carbonyl (C=O) groups is 1. The molecule has 2 aliphatic carbocycles. The first-order valence-electron chi connectivity index (χ1n) is 8.67. The van der Waals surface area contributed by atoms with Gasteiger partial charge < -0.3 is 15.8 Å². The van der Waals surface area contributed by atoms with Crippen LogP contribution in [0.2, 0.25) is 0 Å². The van der Waals surface area contributed by atoms with E-state index < -0.39 is 21.0 Å². The second-order valence-electron chi connectivity index (χ2n) is 7.74. The summed E-state index contributed by atoms with van der Waals surface area (Å²) in [5.41, 5.74) is 5.00. The smallest absolute Gasteiger partial charge is 0.240 e. The molecule has 9 heteroatoms. The maximum atomic E-state index is 12.6. The minimum atomic E-state index is -3.24. The van der Waals surface area contributed by atoms with E-state index in [0.717, 1.165) is 19.3 Å². The number of rotatable bonds is 7. The highest BCUT2D eigenvalue weighted by molar-refractivity contribution is 7.88. The second kappa shape index (κ2) is 8.08. The van der Waals surface area contributed by atoms with E-state index in [1.165, 1.54) is 6.26 Å². The van der Waals surface area contributed by atoms with Crippen LogP contribution in [-0.2, 0) is 19.6 Å². The summed E-state index contributed by atoms with van der Waals surface area (Å²) in [4.78, 5) is 12.6. The topological polar surface area (TPSA) is 111 Å². The molecule has 4 N–H and O–H groups in total. The lowest BCUT2D eigenvalue weighted by molar-refractivity contribution is -0.170. The van der Waals surface area contributed by atoms with Crippen molar-refractivity contribution in [1.29, 1.82) is 0 Å². The lowest BCUT2D eigenvalue weighted by atomic mass is 9.54. The van der Waals surface area contributed by atoms with E-state index >= 15 is 0 Å². The first-order chi connectivity index (χ1) is 11.0. The SMILES string of the molecule is CCOC1CC(N)(C(=O)NCC2CCCC2NS(C)(=O)=O)C1(C)C.Cl. The van der Waals surface area contributed by atoms with E-state index in [1.54, 1.807) is 0 Å². The fourth-order valence-electron chi connectivity index (χ4n) is 3.91. The van der Waals surface area contributed by atoms with Gasteiger partial charge in [-0.25, -0.2) is 13.1 Å². The van der Waals surface area contributed by atoms with Gasteiger partial charge in [-0.1, -0.05) is 20.3 Å². The fourth-order valence-corrected chi connectivity index (χ4v) is 4.77. The molecule has 4 atom stereocenters. The predicted octanol–water partition coefficient (Wildman–Crippen LogP) is 0.775. The molecule has 0 aliphatic heterocycles. The maximum absolute atomic E-state index is 12.6. The van der Waals surface area contributed by atoms with Crippen molar-refractivity contribution in [1.82, 2.24) is 10.0 Å². The third-order valence-electron chi connectivity index (χ3n) is 5.78. The van der Waals surface area contributed by atoms with E-state index in [9.17, 15) is 13.2 Å². The number of amides is 1. The molecule has 4 unspecified atom stereocenters. The van der Waals surface area contributed by atoms with Gasteiger partial charge in [0, 0.05) is 31.0 Å². The number of hydrogen-bond donors (Lipinski definition) is 3. The fraction of sp³-hybridized carbons (Fsp3) is 0.938. The van der Waals surface area contributed by atoms with Crippen molar-refractivity contribution in [2.24, 2.45) is 17.1 Å². The van der Waals surface area contributed by atoms with Gasteiger partial charge in [-0.15, -0.1) is 12.4 Å². The van der Waals surface area contributed by atoms with Gasteiger partial charge >= 0.3 is 0 Å². The molecule has 7 nitrogen and oxygen atoms in total. The van der Waals surface area contributed by atoms with Gasteiger partial charge in [-0.3, -0.25) is 4.79 Å². The van der Waals surface area contributed by atoms with Crippen molar-refractivity contribution in [2.45, 2.75) is 64.1 Å². The summed E-state index contributed by atoms with van der Waals surface area (Å²) >= 11 is 0. The van der Waals surface area contributed by atoms with Crippen LogP contribution >= 0.6 is 12.4 Å².